The molecule has 0 spiro atoms. The Morgan fingerprint density at radius 2 is 2.12 bits per heavy atom. The third kappa shape index (κ3) is 4.98. The summed E-state index contributed by atoms with van der Waals surface area (Å²) in [5.41, 5.74) is 8.77. The number of aliphatic carboxylic acids is 2. The monoisotopic (exact) mass is 607 g/mol. The third-order valence-corrected chi connectivity index (χ3v) is 8.93. The number of carbonyl (C=O) groups is 4. The summed E-state index contributed by atoms with van der Waals surface area (Å²) in [7, 11) is 2.97. The predicted octanol–water partition coefficient (Wildman–Crippen LogP) is -0.606. The van der Waals surface area contributed by atoms with Crippen molar-refractivity contribution in [3.8, 4) is 0 Å². The van der Waals surface area contributed by atoms with Crippen LogP contribution in [0.3, 0.4) is 0 Å². The summed E-state index contributed by atoms with van der Waals surface area (Å²) in [5.74, 6) is -3.02. The maximum atomic E-state index is 13.1. The molecule has 0 aliphatic carbocycles. The van der Waals surface area contributed by atoms with Gasteiger partial charge in [0.1, 0.15) is 29.9 Å². The first-order chi connectivity index (χ1) is 19.1. The van der Waals surface area contributed by atoms with Gasteiger partial charge in [0.15, 0.2) is 22.4 Å². The number of amides is 2. The Labute approximate surface area is 238 Å². The van der Waals surface area contributed by atoms with Gasteiger partial charge in [0.05, 0.1) is 11.2 Å². The van der Waals surface area contributed by atoms with E-state index in [4.69, 9.17) is 10.6 Å². The van der Waals surface area contributed by atoms with Gasteiger partial charge in [-0.1, -0.05) is 5.16 Å². The number of anilines is 1. The number of aliphatic imine (C=N–C) groups is 1. The zero-order valence-electron chi connectivity index (χ0n) is 20.7. The summed E-state index contributed by atoms with van der Waals surface area (Å²) in [6.07, 6.45) is 2.99. The van der Waals surface area contributed by atoms with E-state index in [1.165, 1.54) is 42.1 Å². The fraction of sp³-hybridized carbons (Fsp3) is 0.286. The van der Waals surface area contributed by atoms with Gasteiger partial charge in [-0.3, -0.25) is 19.5 Å². The van der Waals surface area contributed by atoms with Gasteiger partial charge < -0.3 is 26.1 Å². The molecule has 2 amide bonds. The van der Waals surface area contributed by atoms with E-state index in [9.17, 15) is 29.4 Å². The van der Waals surface area contributed by atoms with Gasteiger partial charge in [-0.15, -0.1) is 40.4 Å². The first-order valence-corrected chi connectivity index (χ1v) is 14.2. The predicted molar refractivity (Wildman–Crippen MR) is 146 cm³/mol. The number of hydrogen-bond acceptors (Lipinski definition) is 15. The Bertz CT molecular complexity index is 1470. The number of rotatable bonds is 9. The van der Waals surface area contributed by atoms with E-state index >= 15 is 0 Å². The first kappa shape index (κ1) is 27.5. The van der Waals surface area contributed by atoms with Crippen molar-refractivity contribution in [1.82, 2.24) is 30.8 Å². The second-order valence-corrected chi connectivity index (χ2v) is 11.4. The number of fused-ring (bicyclic) bond motifs is 2. The van der Waals surface area contributed by atoms with Gasteiger partial charge in [-0.25, -0.2) is 24.6 Å². The molecule has 2 atom stereocenters. The van der Waals surface area contributed by atoms with Crippen molar-refractivity contribution in [2.75, 3.05) is 31.4 Å². The molecule has 19 heteroatoms. The molecule has 4 aliphatic rings. The van der Waals surface area contributed by atoms with E-state index in [2.05, 4.69) is 26.0 Å². The molecule has 0 radical (unpaired) electrons. The molecule has 210 valence electrons. The summed E-state index contributed by atoms with van der Waals surface area (Å²) in [4.78, 5) is 63.8. The van der Waals surface area contributed by atoms with E-state index in [0.717, 1.165) is 16.2 Å². The summed E-state index contributed by atoms with van der Waals surface area (Å²) >= 11 is 3.60. The number of nitrogens with one attached hydrogen (secondary N) is 2. The number of thiazole rings is 1. The van der Waals surface area contributed by atoms with Crippen LogP contribution in [0.5, 0.6) is 0 Å². The standard InChI is InChI=1S/C21H21N9O7S3/c1-28-4-11-23-9(19(33)34)3-12(30(11)27-28)38-5-8-6-39-18-14(17(32)29(18)15(8)20(35)36)25-16(31)13(26-37-2)10-7-40-21(22)24-10/h3-4,7,14,18,27H,5-6H2,1-2H3,(H2,22,24)(H,25,31)(H,33,34)(H,35,36)/b26-13-/t14-,18-/m1/s1. The Kier molecular flexibility index (Phi) is 7.45. The number of carboxylic acid groups (broad SMARTS) is 2. The highest BCUT2D eigenvalue weighted by atomic mass is 32.2. The van der Waals surface area contributed by atoms with Crippen molar-refractivity contribution in [1.29, 1.82) is 0 Å². The molecule has 1 fully saturated rings. The first-order valence-electron chi connectivity index (χ1n) is 11.3. The Balaban J connectivity index is 1.32. The molecule has 0 bridgehead atoms. The number of thioether (sulfide) groups is 2. The number of nitrogen functional groups attached to an aromatic ring is 1. The average Bonchev–Trinajstić information content (AvgIpc) is 3.52. The van der Waals surface area contributed by atoms with E-state index in [1.54, 1.807) is 23.3 Å². The topological polar surface area (TPSA) is 215 Å². The number of hydrogen-bond donors (Lipinski definition) is 5. The Morgan fingerprint density at radius 3 is 2.77 bits per heavy atom. The van der Waals surface area contributed by atoms with Gasteiger partial charge in [0.2, 0.25) is 0 Å². The molecule has 16 nitrogen and oxygen atoms in total. The van der Waals surface area contributed by atoms with Crippen LogP contribution in [0.15, 0.2) is 49.9 Å². The normalized spacial score (nSPS) is 22.1. The zero-order valence-corrected chi connectivity index (χ0v) is 23.2. The maximum absolute atomic E-state index is 13.1. The highest BCUT2D eigenvalue weighted by Gasteiger charge is 2.54. The summed E-state index contributed by atoms with van der Waals surface area (Å²) in [6.45, 7) is 0. The highest BCUT2D eigenvalue weighted by Crippen LogP contribution is 2.42. The van der Waals surface area contributed by atoms with Gasteiger partial charge in [0, 0.05) is 30.0 Å². The molecule has 4 aliphatic heterocycles. The van der Waals surface area contributed by atoms with E-state index in [1.807, 2.05) is 0 Å². The lowest BCUT2D eigenvalue weighted by Gasteiger charge is -2.49. The molecule has 0 unspecified atom stereocenters. The second-order valence-electron chi connectivity index (χ2n) is 8.42. The van der Waals surface area contributed by atoms with Crippen LogP contribution in [0.2, 0.25) is 0 Å². The number of aromatic nitrogens is 1. The van der Waals surface area contributed by atoms with Crippen molar-refractivity contribution >= 4 is 75.2 Å². The van der Waals surface area contributed by atoms with Crippen LogP contribution in [-0.2, 0) is 24.0 Å². The van der Waals surface area contributed by atoms with Crippen molar-refractivity contribution in [3.63, 3.8) is 0 Å². The zero-order chi connectivity index (χ0) is 28.7. The molecular weight excluding hydrogens is 586 g/mol. The van der Waals surface area contributed by atoms with Crippen LogP contribution in [-0.4, -0.2) is 102 Å². The van der Waals surface area contributed by atoms with E-state index in [0.29, 0.717) is 16.4 Å². The minimum atomic E-state index is -1.29. The van der Waals surface area contributed by atoms with Crippen LogP contribution in [0.1, 0.15) is 5.69 Å². The van der Waals surface area contributed by atoms with Gasteiger partial charge in [0.25, 0.3) is 11.8 Å². The van der Waals surface area contributed by atoms with Crippen LogP contribution in [0.4, 0.5) is 5.13 Å². The summed E-state index contributed by atoms with van der Waals surface area (Å²) < 4.78 is 0. The molecule has 0 aromatic carbocycles. The van der Waals surface area contributed by atoms with Gasteiger partial charge in [-0.2, -0.15) is 0 Å². The molecule has 6 N–H and O–H groups in total. The number of oxime groups is 1. The van der Waals surface area contributed by atoms with Crippen LogP contribution in [0, 0.1) is 0 Å². The molecule has 1 aromatic rings. The molecular formula is C21H21N9O7S3. The van der Waals surface area contributed by atoms with Gasteiger partial charge in [-0.05, 0) is 5.57 Å². The molecule has 5 rings (SSSR count). The highest BCUT2D eigenvalue weighted by molar-refractivity contribution is 8.03. The van der Waals surface area contributed by atoms with Crippen molar-refractivity contribution in [2.45, 2.75) is 11.4 Å². The fourth-order valence-corrected chi connectivity index (χ4v) is 7.16. The smallest absolute Gasteiger partial charge is 0.354 e. The fourth-order valence-electron chi connectivity index (χ4n) is 4.12. The molecule has 0 saturated carbocycles. The largest absolute Gasteiger partial charge is 0.477 e. The summed E-state index contributed by atoms with van der Waals surface area (Å²) in [5, 5.41) is 30.5. The number of hydrazine groups is 2. The lowest BCUT2D eigenvalue weighted by atomic mass is 10.0. The number of nitrogens with zero attached hydrogens (tertiary/aromatic N) is 6. The number of β-lactam (4-membered cyclic amide) rings is 1. The van der Waals surface area contributed by atoms with Crippen molar-refractivity contribution in [2.24, 2.45) is 10.1 Å². The molecule has 1 saturated heterocycles. The SMILES string of the molecule is CO/N=C(\C(=O)N[C@@H]1C(=O)N2C(C(=O)O)=C(CSC3=CC(C(=O)O)=NC4=CN(C)NN43)CS[C@H]12)c1csc(N)n1. The van der Waals surface area contributed by atoms with Gasteiger partial charge >= 0.3 is 11.9 Å². The average molecular weight is 608 g/mol. The van der Waals surface area contributed by atoms with Crippen LogP contribution < -0.4 is 16.6 Å². The number of nitrogens with two attached hydrogens (primary N) is 1. The lowest BCUT2D eigenvalue weighted by Crippen LogP contribution is -2.71. The van der Waals surface area contributed by atoms with Crippen molar-refractivity contribution < 1.29 is 34.2 Å². The quantitative estimate of drug-likeness (QED) is 0.135. The lowest BCUT2D eigenvalue weighted by molar-refractivity contribution is -0.150. The summed E-state index contributed by atoms with van der Waals surface area (Å²) in [6, 6.07) is -0.994. The number of carboxylic acids is 2. The van der Waals surface area contributed by atoms with Crippen molar-refractivity contribution in [3.05, 3.63) is 45.5 Å². The van der Waals surface area contributed by atoms with E-state index < -0.39 is 35.2 Å². The minimum Gasteiger partial charge on any atom is -0.477 e. The van der Waals surface area contributed by atoms with Crippen LogP contribution in [0.25, 0.3) is 0 Å². The molecule has 1 aromatic heterocycles. The minimum absolute atomic E-state index is 0.159. The Hall–Kier alpha value is -4.07. The third-order valence-electron chi connectivity index (χ3n) is 5.82. The number of carbonyl (C=O) groups excluding carboxylic acids is 2. The van der Waals surface area contributed by atoms with E-state index in [-0.39, 0.29) is 39.5 Å². The molecule has 40 heavy (non-hydrogen) atoms. The molecule has 5 heterocycles. The maximum Gasteiger partial charge on any atom is 0.354 e. The Morgan fingerprint density at radius 1 is 1.35 bits per heavy atom. The van der Waals surface area contributed by atoms with Crippen LogP contribution >= 0.6 is 34.9 Å². The second kappa shape index (κ2) is 10.8.